The monoisotopic (exact) mass is 1950 g/mol. The Hall–Kier alpha value is -14.0. The van der Waals surface area contributed by atoms with E-state index >= 15 is 56.7 Å². The number of piperidine rings is 1. The molecule has 6 aromatic rings. The van der Waals surface area contributed by atoms with Crippen LogP contribution < -0.4 is 53.6 Å². The first-order valence-electron chi connectivity index (χ1n) is 45.8. The van der Waals surface area contributed by atoms with Crippen LogP contribution in [0.25, 0.3) is 10.9 Å². The summed E-state index contributed by atoms with van der Waals surface area (Å²) in [4.78, 5) is 269. The normalized spacial score (nSPS) is 23.7. The van der Waals surface area contributed by atoms with Gasteiger partial charge in [0, 0.05) is 102 Å². The number of aliphatic hydroxyl groups is 1. The topological polar surface area (TPSA) is 564 Å². The van der Waals surface area contributed by atoms with Crippen LogP contribution >= 0.6 is 11.8 Å². The van der Waals surface area contributed by atoms with Crippen LogP contribution in [0, 0.1) is 29.3 Å². The fraction of sp³-hybridized carbons (Fsp3) is 0.479. The number of para-hydroxylation sites is 1. The van der Waals surface area contributed by atoms with Crippen molar-refractivity contribution in [3.05, 3.63) is 173 Å². The number of thioether (sulfide) groups is 1. The summed E-state index contributed by atoms with van der Waals surface area (Å²) in [5.74, 6) is -28.7. The van der Waals surface area contributed by atoms with Crippen LogP contribution in [0.2, 0.25) is 0 Å². The van der Waals surface area contributed by atoms with Gasteiger partial charge >= 0.3 is 17.9 Å². The number of carbonyl (C=O) groups is 18. The Balaban J connectivity index is 1.16. The van der Waals surface area contributed by atoms with Gasteiger partial charge in [0.2, 0.25) is 88.6 Å². The number of nitrogens with two attached hydrogens (primary N) is 1. The highest BCUT2D eigenvalue weighted by molar-refractivity contribution is 8.00. The van der Waals surface area contributed by atoms with Gasteiger partial charge in [0.1, 0.15) is 90.8 Å². The number of primary amides is 1. The number of carbonyl (C=O) groups excluding carboxylic acids is 15. The first-order valence-corrected chi connectivity index (χ1v) is 46.9. The third-order valence-electron chi connectivity index (χ3n) is 24.4. The standard InChI is InChI=1S/C96H121F3N16O23S/c1-9-10-26-73-95(137)115-48-60(117)44-75(115)91(133)107-68(45-80(122)123)88(130)109-83(53(4)5)96(138)111(7)74(41-54-21-13-11-14-22-54)90(132)103-64(33-34-79(120)121)93(135)114-35-20-19-28-72(114)89(131)106-67(43-58-47-113(49-81(124)125)71-27-18-17-25-61(58)71)87(129)105-66(39-56-29-31-59(116)32-30-56)86(128)104-65(36-52(2)3)85(127)108-70(84(126)101-46-77(100)118)50-139-51-78(119)102-69(40-57-37-62(97)82(99)63(98)38-57)92(134)112(8)76(94(136)110(73)6)42-55-23-15-12-16-24-55/h11-18,21-25,27,29-32,37-38,47,52-53,60,64-70,72-76,83,116-117H,9-10,19-20,26,28,33-36,39-46,48-51H2,1-8H3,(H2,100,118)(H,101,126)(H,102,119)(H,103,132)(H,104,128)(H,105,129)(H,106,131)(H,107,133)(H,108,127)(H,109,130)(H,120,121)(H,122,123)(H,124,125)/t60-,64-,65-,66-,67-,68-,69-,70+,72+,73+,74-,75+,76-,83+/m0/s1. The third kappa shape index (κ3) is 30.5. The number of carboxylic acids is 3. The highest BCUT2D eigenvalue weighted by atomic mass is 32.2. The number of rotatable bonds is 26. The molecule has 0 radical (unpaired) electrons. The summed E-state index contributed by atoms with van der Waals surface area (Å²) in [5, 5.41) is 76.1. The lowest BCUT2D eigenvalue weighted by Gasteiger charge is -2.38. The Morgan fingerprint density at radius 3 is 1.68 bits per heavy atom. The van der Waals surface area contributed by atoms with Crippen molar-refractivity contribution in [3.63, 3.8) is 0 Å². The second-order valence-corrected chi connectivity index (χ2v) is 36.8. The minimum Gasteiger partial charge on any atom is -0.508 e. The summed E-state index contributed by atoms with van der Waals surface area (Å²) in [6.45, 7) is 5.86. The van der Waals surface area contributed by atoms with E-state index in [4.69, 9.17) is 5.73 Å². The summed E-state index contributed by atoms with van der Waals surface area (Å²) in [7, 11) is 3.55. The van der Waals surface area contributed by atoms with Gasteiger partial charge in [-0.15, -0.1) is 11.8 Å². The van der Waals surface area contributed by atoms with Crippen molar-refractivity contribution in [1.29, 1.82) is 0 Å². The van der Waals surface area contributed by atoms with E-state index < -0.39 is 302 Å². The Labute approximate surface area is 804 Å². The van der Waals surface area contributed by atoms with E-state index in [1.165, 1.54) is 63.0 Å². The summed E-state index contributed by atoms with van der Waals surface area (Å²) in [5.41, 5.74) is 6.80. The zero-order valence-electron chi connectivity index (χ0n) is 78.3. The predicted octanol–water partition coefficient (Wildman–Crippen LogP) is 1.64. The van der Waals surface area contributed by atoms with E-state index in [-0.39, 0.29) is 74.8 Å². The Kier molecular flexibility index (Phi) is 39.8. The minimum atomic E-state index is -2.08. The average Bonchev–Trinajstić information content (AvgIpc) is 1.76. The lowest BCUT2D eigenvalue weighted by Crippen LogP contribution is -2.63. The molecule has 0 saturated carbocycles. The number of aromatic nitrogens is 1. The highest BCUT2D eigenvalue weighted by Crippen LogP contribution is 2.30. The second-order valence-electron chi connectivity index (χ2n) is 35.8. The van der Waals surface area contributed by atoms with Crippen molar-refractivity contribution in [2.45, 2.75) is 229 Å². The van der Waals surface area contributed by atoms with Crippen LogP contribution in [0.1, 0.15) is 133 Å². The molecule has 43 heteroatoms. The number of likely N-dealkylation sites (N-methyl/N-ethyl adjacent to an activating group) is 3. The lowest BCUT2D eigenvalue weighted by atomic mass is 9.97. The number of aliphatic carboxylic acids is 3. The molecule has 39 nitrogen and oxygen atoms in total. The summed E-state index contributed by atoms with van der Waals surface area (Å²) in [6.07, 6.45) is -4.99. The van der Waals surface area contributed by atoms with E-state index in [1.807, 2.05) is 0 Å². The number of aliphatic hydroxyl groups excluding tert-OH is 1. The van der Waals surface area contributed by atoms with Gasteiger partial charge in [0.15, 0.2) is 17.5 Å². The quantitative estimate of drug-likeness (QED) is 0.0343. The Morgan fingerprint density at radius 1 is 0.525 bits per heavy atom. The van der Waals surface area contributed by atoms with Crippen molar-refractivity contribution in [1.82, 2.24) is 76.9 Å². The van der Waals surface area contributed by atoms with Crippen molar-refractivity contribution in [2.75, 3.05) is 52.3 Å². The number of phenolic OH excluding ortho intramolecular Hbond substituents is 1. The number of benzene rings is 5. The first-order chi connectivity index (χ1) is 65.9. The van der Waals surface area contributed by atoms with Gasteiger partial charge in [0.05, 0.1) is 24.8 Å². The molecule has 139 heavy (non-hydrogen) atoms. The Bertz CT molecular complexity index is 5440. The molecule has 3 aliphatic rings. The lowest BCUT2D eigenvalue weighted by molar-refractivity contribution is -0.152. The molecule has 3 aliphatic heterocycles. The van der Waals surface area contributed by atoms with Crippen LogP contribution in [0.15, 0.2) is 128 Å². The van der Waals surface area contributed by atoms with Gasteiger partial charge in [-0.2, -0.15) is 0 Å². The van der Waals surface area contributed by atoms with Crippen molar-refractivity contribution < 1.29 is 125 Å². The number of aromatic hydroxyl groups is 1. The van der Waals surface area contributed by atoms with E-state index in [9.17, 15) is 68.3 Å². The molecule has 0 bridgehead atoms. The fourth-order valence-electron chi connectivity index (χ4n) is 17.1. The number of nitrogens with zero attached hydrogens (tertiary/aromatic N) is 6. The molecule has 9 rings (SSSR count). The number of unbranched alkanes of at least 4 members (excludes halogenated alkanes) is 1. The van der Waals surface area contributed by atoms with Gasteiger partial charge in [-0.25, -0.2) is 13.2 Å². The van der Waals surface area contributed by atoms with Gasteiger partial charge in [-0.1, -0.05) is 138 Å². The summed E-state index contributed by atoms with van der Waals surface area (Å²) < 4.78 is 46.6. The zero-order valence-corrected chi connectivity index (χ0v) is 79.1. The maximum Gasteiger partial charge on any atom is 0.323 e. The van der Waals surface area contributed by atoms with Crippen molar-refractivity contribution in [2.24, 2.45) is 17.6 Å². The molecule has 14 atom stereocenters. The average molecular weight is 1960 g/mol. The second kappa shape index (κ2) is 50.9. The number of halogens is 3. The molecule has 4 heterocycles. The zero-order chi connectivity index (χ0) is 102. The molecule has 0 aliphatic carbocycles. The Morgan fingerprint density at radius 2 is 1.07 bits per heavy atom. The fourth-order valence-corrected chi connectivity index (χ4v) is 17.9. The van der Waals surface area contributed by atoms with E-state index in [1.54, 1.807) is 106 Å². The number of carboxylic acid groups (broad SMARTS) is 3. The SMILES string of the molecule is CCCC[C@@H]1C(=O)N2C[C@@H](O)C[C@@H]2C(=O)N[C@@H](CC(=O)O)C(=O)N[C@H](C(C)C)C(=O)N(C)[C@@H](Cc2ccccc2)C(=O)N[C@@H](CCC(=O)O)C(=O)N2CCCC[C@@H]2C(=O)N[C@@H](Cc2cn(CC(=O)O)c3ccccc23)C(=O)N[C@@H](Cc2ccc(O)cc2)C(=O)N[C@@H](CC(C)C)C(=O)N[C@@H](C(=O)NCC(N)=O)CSCC(=O)N[C@@H](Cc2cc(F)c(F)c(F)c2)C(=O)N(C)[C@@H](Cc2ccccc2)C(=O)N1C. The summed E-state index contributed by atoms with van der Waals surface area (Å²) in [6, 6.07) is 6.47. The number of fused-ring (bicyclic) bond motifs is 3. The summed E-state index contributed by atoms with van der Waals surface area (Å²) >= 11 is 0.631. The number of phenols is 1. The molecule has 750 valence electrons. The number of nitrogens with one attached hydrogen (secondary N) is 9. The van der Waals surface area contributed by atoms with Gasteiger partial charge in [0.25, 0.3) is 0 Å². The van der Waals surface area contributed by atoms with Gasteiger partial charge in [-0.05, 0) is 109 Å². The number of hydrogen-bond donors (Lipinski definition) is 15. The van der Waals surface area contributed by atoms with Gasteiger partial charge in [-0.3, -0.25) is 86.3 Å². The largest absolute Gasteiger partial charge is 0.508 e. The van der Waals surface area contributed by atoms with Crippen LogP contribution in [0.3, 0.4) is 0 Å². The van der Waals surface area contributed by atoms with Crippen molar-refractivity contribution in [3.8, 4) is 5.75 Å². The van der Waals surface area contributed by atoms with Crippen LogP contribution in [-0.2, 0) is 125 Å². The van der Waals surface area contributed by atoms with E-state index in [0.717, 1.165) is 31.5 Å². The molecular formula is C96H121F3N16O23S. The molecule has 3 fully saturated rings. The maximum atomic E-state index is 15.7. The number of hydrogen-bond acceptors (Lipinski definition) is 21. The molecular weight excluding hydrogens is 1830 g/mol. The third-order valence-corrected chi connectivity index (χ3v) is 25.5. The molecule has 0 unspecified atom stereocenters. The van der Waals surface area contributed by atoms with Crippen LogP contribution in [-0.4, -0.2) is 298 Å². The van der Waals surface area contributed by atoms with Crippen LogP contribution in [0.5, 0.6) is 5.75 Å². The molecule has 0 spiro atoms. The molecule has 15 amide bonds. The van der Waals surface area contributed by atoms with E-state index in [2.05, 4.69) is 47.9 Å². The molecule has 3 saturated heterocycles. The number of amides is 15. The predicted molar refractivity (Wildman–Crippen MR) is 498 cm³/mol. The van der Waals surface area contributed by atoms with E-state index in [0.29, 0.717) is 52.3 Å². The van der Waals surface area contributed by atoms with Gasteiger partial charge < -0.3 is 108 Å². The highest BCUT2D eigenvalue weighted by Gasteiger charge is 2.48. The van der Waals surface area contributed by atoms with Crippen molar-refractivity contribution >= 4 is 129 Å². The van der Waals surface area contributed by atoms with Crippen LogP contribution in [0.4, 0.5) is 13.2 Å². The molecule has 1 aromatic heterocycles. The smallest absolute Gasteiger partial charge is 0.323 e. The molecule has 16 N–H and O–H groups in total. The minimum absolute atomic E-state index is 0.128. The maximum absolute atomic E-state index is 15.7. The first kappa shape index (κ1) is 109. The molecule has 5 aromatic carbocycles.